The van der Waals surface area contributed by atoms with Crippen LogP contribution in [-0.2, 0) is 65.4 Å². The lowest BCUT2D eigenvalue weighted by Crippen LogP contribution is -2.30. The van der Waals surface area contributed by atoms with Gasteiger partial charge in [-0.3, -0.25) is 37.3 Å². The van der Waals surface area contributed by atoms with Gasteiger partial charge in [-0.2, -0.15) is 0 Å². The van der Waals surface area contributed by atoms with Crippen LogP contribution in [0.15, 0.2) is 0 Å². The van der Waals surface area contributed by atoms with E-state index in [1.54, 1.807) is 0 Å². The first kappa shape index (κ1) is 102. The average molecular weight is 1520 g/mol. The third kappa shape index (κ3) is 78.2. The number of hydrogen-bond donors (Lipinski definition) is 3. The number of ether oxygens (including phenoxy) is 4. The third-order valence-corrected chi connectivity index (χ3v) is 21.9. The van der Waals surface area contributed by atoms with E-state index >= 15 is 0 Å². The summed E-state index contributed by atoms with van der Waals surface area (Å²) in [5.41, 5.74) is 0. The van der Waals surface area contributed by atoms with Crippen LogP contribution in [0.25, 0.3) is 0 Å². The van der Waals surface area contributed by atoms with Crippen LogP contribution >= 0.6 is 15.6 Å². The molecule has 3 N–H and O–H groups in total. The van der Waals surface area contributed by atoms with Gasteiger partial charge in [0.15, 0.2) is 12.2 Å². The zero-order valence-electron chi connectivity index (χ0n) is 68.3. The number of aliphatic hydroxyl groups is 1. The summed E-state index contributed by atoms with van der Waals surface area (Å²) in [4.78, 5) is 73.2. The fourth-order valence-corrected chi connectivity index (χ4v) is 14.8. The maximum Gasteiger partial charge on any atom is 0.472 e. The number of carbonyl (C=O) groups excluding carboxylic acids is 4. The van der Waals surface area contributed by atoms with E-state index in [2.05, 4.69) is 41.5 Å². The highest BCUT2D eigenvalue weighted by Crippen LogP contribution is 2.45. The molecular weight excluding hydrogens is 1350 g/mol. The van der Waals surface area contributed by atoms with Gasteiger partial charge in [0.2, 0.25) is 0 Å². The molecule has 2 unspecified atom stereocenters. The maximum absolute atomic E-state index is 13.1. The molecule has 0 aromatic heterocycles. The van der Waals surface area contributed by atoms with Gasteiger partial charge in [-0.05, 0) is 37.5 Å². The van der Waals surface area contributed by atoms with Crippen LogP contribution in [0, 0.1) is 11.8 Å². The molecule has 0 spiro atoms. The summed E-state index contributed by atoms with van der Waals surface area (Å²) in [6.45, 7) is 9.70. The zero-order chi connectivity index (χ0) is 76.4. The molecule has 0 saturated heterocycles. The van der Waals surface area contributed by atoms with Crippen molar-refractivity contribution >= 4 is 39.5 Å². The molecule has 0 amide bonds. The first-order valence-corrected chi connectivity index (χ1v) is 47.0. The molecule has 19 heteroatoms. The van der Waals surface area contributed by atoms with Crippen molar-refractivity contribution in [1.82, 2.24) is 0 Å². The number of hydrogen-bond acceptors (Lipinski definition) is 15. The predicted octanol–water partition coefficient (Wildman–Crippen LogP) is 25.8. The highest BCUT2D eigenvalue weighted by Gasteiger charge is 2.30. The Kier molecular flexibility index (Phi) is 75.0. The molecule has 0 aliphatic heterocycles. The molecule has 0 aliphatic rings. The van der Waals surface area contributed by atoms with Crippen molar-refractivity contribution in [3.8, 4) is 0 Å². The molecule has 104 heavy (non-hydrogen) atoms. The summed E-state index contributed by atoms with van der Waals surface area (Å²) in [6, 6.07) is 0. The van der Waals surface area contributed by atoms with Crippen molar-refractivity contribution in [1.29, 1.82) is 0 Å². The molecule has 5 atom stereocenters. The molecule has 0 rings (SSSR count). The highest BCUT2D eigenvalue weighted by atomic mass is 31.2. The minimum absolute atomic E-state index is 0.108. The van der Waals surface area contributed by atoms with Gasteiger partial charge in [-0.25, -0.2) is 9.13 Å². The molecule has 0 bridgehead atoms. The Morgan fingerprint density at radius 2 is 0.442 bits per heavy atom. The second-order valence-corrected chi connectivity index (χ2v) is 34.4. The third-order valence-electron chi connectivity index (χ3n) is 20.0. The Morgan fingerprint density at radius 3 is 0.654 bits per heavy atom. The Balaban J connectivity index is 5.23. The van der Waals surface area contributed by atoms with Gasteiger partial charge in [0.25, 0.3) is 0 Å². The summed E-state index contributed by atoms with van der Waals surface area (Å²) in [5, 5.41) is 10.7. The van der Waals surface area contributed by atoms with Crippen LogP contribution in [0.1, 0.15) is 452 Å². The lowest BCUT2D eigenvalue weighted by atomic mass is 10.0. The van der Waals surface area contributed by atoms with E-state index in [0.717, 1.165) is 102 Å². The predicted molar refractivity (Wildman–Crippen MR) is 428 cm³/mol. The first-order valence-electron chi connectivity index (χ1n) is 44.0. The highest BCUT2D eigenvalue weighted by molar-refractivity contribution is 7.47. The summed E-state index contributed by atoms with van der Waals surface area (Å²) in [5.74, 6) is -0.507. The van der Waals surface area contributed by atoms with Crippen LogP contribution in [0.3, 0.4) is 0 Å². The lowest BCUT2D eigenvalue weighted by Gasteiger charge is -2.21. The number of phosphoric acid groups is 2. The first-order chi connectivity index (χ1) is 50.4. The topological polar surface area (TPSA) is 237 Å². The minimum Gasteiger partial charge on any atom is -0.462 e. The quantitative estimate of drug-likeness (QED) is 0.0222. The van der Waals surface area contributed by atoms with Crippen LogP contribution in [0.2, 0.25) is 0 Å². The summed E-state index contributed by atoms with van der Waals surface area (Å²) >= 11 is 0. The molecule has 0 saturated carbocycles. The van der Waals surface area contributed by atoms with Gasteiger partial charge in [0, 0.05) is 25.7 Å². The molecule has 0 aromatic rings. The average Bonchev–Trinajstić information content (AvgIpc) is 0.925. The van der Waals surface area contributed by atoms with E-state index < -0.39 is 97.5 Å². The second kappa shape index (κ2) is 76.4. The number of phosphoric ester groups is 2. The Bertz CT molecular complexity index is 1990. The Hall–Kier alpha value is -1.94. The van der Waals surface area contributed by atoms with E-state index in [0.29, 0.717) is 25.7 Å². The monoisotopic (exact) mass is 1520 g/mol. The van der Waals surface area contributed by atoms with Crippen LogP contribution in [-0.4, -0.2) is 96.7 Å². The molecule has 0 heterocycles. The summed E-state index contributed by atoms with van der Waals surface area (Å²) in [7, 11) is -9.92. The second-order valence-electron chi connectivity index (χ2n) is 31.5. The van der Waals surface area contributed by atoms with Crippen molar-refractivity contribution in [3.05, 3.63) is 0 Å². The van der Waals surface area contributed by atoms with Gasteiger partial charge in [0.1, 0.15) is 19.3 Å². The van der Waals surface area contributed by atoms with E-state index in [-0.39, 0.29) is 25.7 Å². The minimum atomic E-state index is -4.96. The van der Waals surface area contributed by atoms with Gasteiger partial charge in [-0.1, -0.05) is 401 Å². The normalized spacial score (nSPS) is 13.8. The molecule has 0 radical (unpaired) electrons. The van der Waals surface area contributed by atoms with Crippen LogP contribution < -0.4 is 0 Å². The molecule has 0 aliphatic carbocycles. The van der Waals surface area contributed by atoms with E-state index in [9.17, 15) is 43.2 Å². The number of unbranched alkanes of at least 4 members (excludes halogenated alkanes) is 54. The molecular formula is C85H166O17P2. The van der Waals surface area contributed by atoms with Crippen molar-refractivity contribution in [2.24, 2.45) is 11.8 Å². The maximum atomic E-state index is 13.1. The van der Waals surface area contributed by atoms with E-state index in [1.807, 2.05) is 0 Å². The van der Waals surface area contributed by atoms with Crippen molar-refractivity contribution < 1.29 is 80.2 Å². The summed E-state index contributed by atoms with van der Waals surface area (Å²) in [6.07, 6.45) is 68.0. The van der Waals surface area contributed by atoms with Gasteiger partial charge < -0.3 is 33.8 Å². The fraction of sp³-hybridized carbons (Fsp3) is 0.953. The zero-order valence-corrected chi connectivity index (χ0v) is 70.1. The fourth-order valence-electron chi connectivity index (χ4n) is 13.2. The SMILES string of the molecule is CCCCCCCCCCCCCCCCCCCCCC(=O)OC[C@H](COP(=O)(O)OC[C@@H](O)COP(=O)(O)OC[C@@H](COC(=O)CCCCCCCCCCCC)OC(=O)CCCCCCCCCCCCCCCC(C)C)OC(=O)CCCCCCCCCCCCCCCCCCC(C)C. The smallest absolute Gasteiger partial charge is 0.462 e. The largest absolute Gasteiger partial charge is 0.472 e. The van der Waals surface area contributed by atoms with Crippen LogP contribution in [0.4, 0.5) is 0 Å². The summed E-state index contributed by atoms with van der Waals surface area (Å²) < 4.78 is 68.9. The van der Waals surface area contributed by atoms with Crippen molar-refractivity contribution in [3.63, 3.8) is 0 Å². The molecule has 0 fully saturated rings. The number of carbonyl (C=O) groups is 4. The number of esters is 4. The van der Waals surface area contributed by atoms with Gasteiger partial charge >= 0.3 is 39.5 Å². The van der Waals surface area contributed by atoms with Gasteiger partial charge in [0.05, 0.1) is 26.4 Å². The Morgan fingerprint density at radius 1 is 0.260 bits per heavy atom. The molecule has 17 nitrogen and oxygen atoms in total. The Labute approximate surface area is 638 Å². The molecule has 618 valence electrons. The van der Waals surface area contributed by atoms with Crippen molar-refractivity contribution in [2.75, 3.05) is 39.6 Å². The standard InChI is InChI=1S/C85H166O17P2/c1-7-9-11-13-15-17-19-20-21-22-23-24-28-33-38-44-50-56-62-68-83(88)96-74-81(102-84(89)69-63-57-51-45-39-34-29-26-25-27-31-36-41-47-53-59-65-77(3)4)76-100-104(93,94)98-72-79(86)71-97-103(91,92)99-75-80(73-95-82(87)67-61-55-49-43-18-16-14-12-10-8-2)101-85(90)70-64-58-52-46-40-35-30-32-37-42-48-54-60-66-78(5)6/h77-81,86H,7-76H2,1-6H3,(H,91,92)(H,93,94)/t79-,80+,81+/m0/s1. The number of rotatable bonds is 84. The van der Waals surface area contributed by atoms with E-state index in [4.69, 9.17) is 37.0 Å². The van der Waals surface area contributed by atoms with Crippen LogP contribution in [0.5, 0.6) is 0 Å². The number of aliphatic hydroxyl groups excluding tert-OH is 1. The molecule has 0 aromatic carbocycles. The van der Waals surface area contributed by atoms with Crippen molar-refractivity contribution in [2.45, 2.75) is 471 Å². The van der Waals surface area contributed by atoms with Gasteiger partial charge in [-0.15, -0.1) is 0 Å². The lowest BCUT2D eigenvalue weighted by molar-refractivity contribution is -0.161. The van der Waals surface area contributed by atoms with E-state index in [1.165, 1.54) is 270 Å².